The number of benzene rings is 1. The van der Waals surface area contributed by atoms with Crippen molar-refractivity contribution >= 4 is 47.2 Å². The molecule has 2 N–H and O–H groups in total. The zero-order valence-corrected chi connectivity index (χ0v) is 19.8. The molecule has 0 unspecified atom stereocenters. The van der Waals surface area contributed by atoms with E-state index >= 15 is 0 Å². The largest absolute Gasteiger partial charge is 0.484 e. The lowest BCUT2D eigenvalue weighted by atomic mass is 10.2. The molecule has 0 atom stereocenters. The van der Waals surface area contributed by atoms with Gasteiger partial charge >= 0.3 is 6.18 Å². The van der Waals surface area contributed by atoms with Crippen LogP contribution in [0.1, 0.15) is 16.3 Å². The topological polar surface area (TPSA) is 78.9 Å². The molecule has 0 spiro atoms. The highest BCUT2D eigenvalue weighted by atomic mass is 127. The van der Waals surface area contributed by atoms with Crippen molar-refractivity contribution in [2.75, 3.05) is 27.7 Å². The molecule has 7 nitrogen and oxygen atoms in total. The van der Waals surface area contributed by atoms with Crippen molar-refractivity contribution in [3.05, 3.63) is 45.9 Å². The number of amides is 1. The summed E-state index contributed by atoms with van der Waals surface area (Å²) in [6, 6.07) is 7.22. The molecular formula is C18H23F3IN5O2S. The fourth-order valence-electron chi connectivity index (χ4n) is 2.11. The molecule has 2 aromatic rings. The van der Waals surface area contributed by atoms with Gasteiger partial charge in [0.2, 0.25) is 0 Å². The van der Waals surface area contributed by atoms with Gasteiger partial charge in [0.15, 0.2) is 18.3 Å². The van der Waals surface area contributed by atoms with Crippen LogP contribution < -0.4 is 15.4 Å². The van der Waals surface area contributed by atoms with E-state index in [0.29, 0.717) is 23.3 Å². The van der Waals surface area contributed by atoms with Gasteiger partial charge in [-0.25, -0.2) is 4.98 Å². The van der Waals surface area contributed by atoms with E-state index < -0.39 is 11.9 Å². The number of hydrogen-bond acceptors (Lipinski definition) is 5. The minimum absolute atomic E-state index is 0. The number of nitrogens with zero attached hydrogens (tertiary/aromatic N) is 3. The van der Waals surface area contributed by atoms with E-state index in [9.17, 15) is 18.0 Å². The molecule has 0 saturated carbocycles. The molecule has 0 aliphatic rings. The van der Waals surface area contributed by atoms with Crippen molar-refractivity contribution in [2.24, 2.45) is 4.99 Å². The normalized spacial score (nSPS) is 11.5. The van der Waals surface area contributed by atoms with Gasteiger partial charge in [-0.3, -0.25) is 9.79 Å². The van der Waals surface area contributed by atoms with E-state index in [-0.39, 0.29) is 43.0 Å². The van der Waals surface area contributed by atoms with Gasteiger partial charge < -0.3 is 20.3 Å². The van der Waals surface area contributed by atoms with Crippen molar-refractivity contribution in [1.29, 1.82) is 0 Å². The van der Waals surface area contributed by atoms with Crippen LogP contribution in [0.2, 0.25) is 0 Å². The number of rotatable bonds is 7. The predicted molar refractivity (Wildman–Crippen MR) is 120 cm³/mol. The van der Waals surface area contributed by atoms with Crippen molar-refractivity contribution in [1.82, 2.24) is 20.5 Å². The molecular weight excluding hydrogens is 534 g/mol. The van der Waals surface area contributed by atoms with Crippen LogP contribution in [0.15, 0.2) is 34.6 Å². The first-order valence-electron chi connectivity index (χ1n) is 8.57. The number of ether oxygens (including phenoxy) is 1. The summed E-state index contributed by atoms with van der Waals surface area (Å²) in [6.07, 6.45) is -4.45. The Balaban J connectivity index is 0.00000450. The fourth-order valence-corrected chi connectivity index (χ4v) is 2.85. The lowest BCUT2D eigenvalue weighted by molar-refractivity contribution is -0.140. The number of aliphatic imine (C=N–C) groups is 1. The van der Waals surface area contributed by atoms with Crippen molar-refractivity contribution < 1.29 is 22.7 Å². The van der Waals surface area contributed by atoms with Crippen LogP contribution in [0, 0.1) is 0 Å². The minimum atomic E-state index is -4.45. The second-order valence-electron chi connectivity index (χ2n) is 6.13. The fraction of sp³-hybridized carbons (Fsp3) is 0.389. The Bertz CT molecular complexity index is 858. The lowest BCUT2D eigenvalue weighted by Gasteiger charge is -2.13. The molecule has 1 aromatic heterocycles. The van der Waals surface area contributed by atoms with Gasteiger partial charge in [0.1, 0.15) is 10.8 Å². The van der Waals surface area contributed by atoms with Crippen LogP contribution in [0.25, 0.3) is 0 Å². The first-order valence-corrected chi connectivity index (χ1v) is 9.45. The molecule has 1 amide bonds. The third-order valence-electron chi connectivity index (χ3n) is 3.69. The Morgan fingerprint density at radius 2 is 1.97 bits per heavy atom. The van der Waals surface area contributed by atoms with Gasteiger partial charge in [0, 0.05) is 33.1 Å². The number of likely N-dealkylation sites (N-methyl/N-ethyl adjacent to an activating group) is 1. The Morgan fingerprint density at radius 3 is 2.57 bits per heavy atom. The van der Waals surface area contributed by atoms with Crippen molar-refractivity contribution in [3.8, 4) is 5.75 Å². The number of carbonyl (C=O) groups is 1. The summed E-state index contributed by atoms with van der Waals surface area (Å²) in [5, 5.41) is 7.28. The van der Waals surface area contributed by atoms with Crippen LogP contribution >= 0.6 is 35.3 Å². The van der Waals surface area contributed by atoms with E-state index in [2.05, 4.69) is 20.6 Å². The molecule has 166 valence electrons. The van der Waals surface area contributed by atoms with Gasteiger partial charge in [-0.05, 0) is 17.7 Å². The lowest BCUT2D eigenvalue weighted by Crippen LogP contribution is -2.36. The molecule has 12 heteroatoms. The standard InChI is InChI=1S/C18H22F3N5O2S.HI/c1-22-17(24-9-15-25-14(11-29-15)18(19,20)21)23-8-12-5-4-6-13(7-12)28-10-16(27)26(2)3;/h4-7,11H,8-10H2,1-3H3,(H2,22,23,24);1H. The van der Waals surface area contributed by atoms with Crippen LogP contribution in [0.4, 0.5) is 13.2 Å². The molecule has 1 heterocycles. The monoisotopic (exact) mass is 557 g/mol. The number of guanidine groups is 1. The highest BCUT2D eigenvalue weighted by Crippen LogP contribution is 2.29. The highest BCUT2D eigenvalue weighted by molar-refractivity contribution is 14.0. The van der Waals surface area contributed by atoms with E-state index in [1.54, 1.807) is 39.3 Å². The number of halogens is 4. The first kappa shape index (κ1) is 25.9. The third-order valence-corrected chi connectivity index (χ3v) is 4.54. The maximum atomic E-state index is 12.6. The smallest absolute Gasteiger partial charge is 0.434 e. The number of hydrogen-bond donors (Lipinski definition) is 2. The third kappa shape index (κ3) is 8.34. The summed E-state index contributed by atoms with van der Waals surface area (Å²) >= 11 is 0.931. The summed E-state index contributed by atoms with van der Waals surface area (Å²) in [4.78, 5) is 20.7. The number of aromatic nitrogens is 1. The van der Waals surface area contributed by atoms with E-state index in [0.717, 1.165) is 22.3 Å². The Kier molecular flexibility index (Phi) is 10.3. The average molecular weight is 557 g/mol. The van der Waals surface area contributed by atoms with Gasteiger partial charge in [-0.1, -0.05) is 12.1 Å². The van der Waals surface area contributed by atoms with Gasteiger partial charge in [0.25, 0.3) is 5.91 Å². The second kappa shape index (κ2) is 11.9. The zero-order valence-electron chi connectivity index (χ0n) is 16.6. The first-order chi connectivity index (χ1) is 13.7. The zero-order chi connectivity index (χ0) is 21.4. The number of carbonyl (C=O) groups excluding carboxylic acids is 1. The maximum absolute atomic E-state index is 12.6. The number of alkyl halides is 3. The van der Waals surface area contributed by atoms with Crippen LogP contribution in [0.5, 0.6) is 5.75 Å². The van der Waals surface area contributed by atoms with Crippen LogP contribution in [-0.4, -0.2) is 49.5 Å². The summed E-state index contributed by atoms with van der Waals surface area (Å²) < 4.78 is 43.3. The molecule has 0 fully saturated rings. The number of thiazole rings is 1. The van der Waals surface area contributed by atoms with Crippen LogP contribution in [0.3, 0.4) is 0 Å². The molecule has 0 aliphatic carbocycles. The molecule has 0 aliphatic heterocycles. The summed E-state index contributed by atoms with van der Waals surface area (Å²) in [7, 11) is 4.87. The van der Waals surface area contributed by atoms with E-state index in [4.69, 9.17) is 4.74 Å². The molecule has 0 bridgehead atoms. The molecule has 2 rings (SSSR count). The predicted octanol–water partition coefficient (Wildman–Crippen LogP) is 3.11. The van der Waals surface area contributed by atoms with Gasteiger partial charge in [-0.15, -0.1) is 35.3 Å². The summed E-state index contributed by atoms with van der Waals surface area (Å²) in [5.74, 6) is 0.835. The minimum Gasteiger partial charge on any atom is -0.484 e. The average Bonchev–Trinajstić information content (AvgIpc) is 3.16. The van der Waals surface area contributed by atoms with Gasteiger partial charge in [-0.2, -0.15) is 13.2 Å². The molecule has 30 heavy (non-hydrogen) atoms. The Morgan fingerprint density at radius 1 is 1.27 bits per heavy atom. The summed E-state index contributed by atoms with van der Waals surface area (Å²) in [6.45, 7) is 0.473. The van der Waals surface area contributed by atoms with Crippen molar-refractivity contribution in [3.63, 3.8) is 0 Å². The summed E-state index contributed by atoms with van der Waals surface area (Å²) in [5.41, 5.74) is -0.0110. The highest BCUT2D eigenvalue weighted by Gasteiger charge is 2.33. The maximum Gasteiger partial charge on any atom is 0.434 e. The SMILES string of the molecule is CN=C(NCc1cccc(OCC(=O)N(C)C)c1)NCc1nc(C(F)(F)F)cs1.I. The van der Waals surface area contributed by atoms with E-state index in [1.165, 1.54) is 4.90 Å². The molecule has 1 aromatic carbocycles. The Hall–Kier alpha value is -2.09. The van der Waals surface area contributed by atoms with E-state index in [1.807, 2.05) is 6.07 Å². The molecule has 0 radical (unpaired) electrons. The van der Waals surface area contributed by atoms with Crippen LogP contribution in [-0.2, 0) is 24.1 Å². The molecule has 0 saturated heterocycles. The number of nitrogens with one attached hydrogen (secondary N) is 2. The Labute approximate surface area is 193 Å². The van der Waals surface area contributed by atoms with Crippen molar-refractivity contribution in [2.45, 2.75) is 19.3 Å². The second-order valence-corrected chi connectivity index (χ2v) is 7.07. The quantitative estimate of drug-likeness (QED) is 0.311. The van der Waals surface area contributed by atoms with Gasteiger partial charge in [0.05, 0.1) is 6.54 Å².